The van der Waals surface area contributed by atoms with Gasteiger partial charge in [0.1, 0.15) is 5.78 Å². The fourth-order valence-corrected chi connectivity index (χ4v) is 6.99. The van der Waals surface area contributed by atoms with E-state index in [0.29, 0.717) is 29.5 Å². The quantitative estimate of drug-likeness (QED) is 0.223. The molecule has 1 saturated heterocycles. The number of benzene rings is 2. The van der Waals surface area contributed by atoms with Crippen LogP contribution in [0.5, 0.6) is 0 Å². The fraction of sp³-hybridized carbons (Fsp3) is 0.585. The molecule has 0 radical (unpaired) electrons. The van der Waals surface area contributed by atoms with Crippen molar-refractivity contribution in [2.75, 3.05) is 18.4 Å². The Hall–Kier alpha value is -2.53. The molecule has 3 unspecified atom stereocenters. The van der Waals surface area contributed by atoms with Gasteiger partial charge in [0.2, 0.25) is 0 Å². The molecule has 0 amide bonds. The summed E-state index contributed by atoms with van der Waals surface area (Å²) in [5.74, 6) is 1.84. The number of hydrogen-bond acceptors (Lipinski definition) is 4. The molecule has 3 aliphatic rings. The third kappa shape index (κ3) is 12.6. The number of nitrogens with zero attached hydrogens (tertiary/aromatic N) is 1. The minimum atomic E-state index is -0.0827. The molecule has 5 rings (SSSR count). The highest BCUT2D eigenvalue weighted by Gasteiger charge is 2.35. The lowest BCUT2D eigenvalue weighted by atomic mass is 9.67. The average Bonchev–Trinajstić information content (AvgIpc) is 3.58. The van der Waals surface area contributed by atoms with Gasteiger partial charge >= 0.3 is 0 Å². The van der Waals surface area contributed by atoms with Gasteiger partial charge in [0.05, 0.1) is 5.33 Å². The number of allylic oxidation sites excluding steroid dienone is 2. The molecule has 2 aromatic carbocycles. The number of alkyl halides is 1. The van der Waals surface area contributed by atoms with E-state index in [2.05, 4.69) is 68.4 Å². The summed E-state index contributed by atoms with van der Waals surface area (Å²) in [6, 6.07) is 18.5. The standard InChI is InChI=1S/C18H24O2.C14H25N.C8H7BrO.CH4/c1-18(2,3)15-9-10-16(19)14(11-15)12-17(20)13-7-5-4-6-8-13;1-14(2,3)12-6-8-13(9-7-12)15-10-4-5-11-15;9-6-8(10)7-4-2-1-3-5-7;/h4-8,14-15H,9-12H2,1-3H3;8,12H,4-7,9-11H2,1-3H3;1-5H,6H2;1H4. The van der Waals surface area contributed by atoms with Crippen LogP contribution in [0.15, 0.2) is 72.4 Å². The van der Waals surface area contributed by atoms with E-state index in [9.17, 15) is 14.4 Å². The molecule has 0 spiro atoms. The van der Waals surface area contributed by atoms with Crippen molar-refractivity contribution in [2.45, 2.75) is 107 Å². The van der Waals surface area contributed by atoms with Gasteiger partial charge in [0.25, 0.3) is 0 Å². The Kier molecular flexibility index (Phi) is 16.1. The molecule has 2 aromatic rings. The summed E-state index contributed by atoms with van der Waals surface area (Å²) in [5.41, 5.74) is 3.84. The van der Waals surface area contributed by atoms with Crippen molar-refractivity contribution < 1.29 is 14.4 Å². The van der Waals surface area contributed by atoms with Crippen LogP contribution in [-0.2, 0) is 4.79 Å². The Labute approximate surface area is 288 Å². The number of halogens is 1. The number of Topliss-reactive ketones (excluding diaryl/α,β-unsaturated/α-hetero) is 3. The Morgan fingerprint density at radius 1 is 0.761 bits per heavy atom. The van der Waals surface area contributed by atoms with Crippen LogP contribution in [0.3, 0.4) is 0 Å². The summed E-state index contributed by atoms with van der Waals surface area (Å²) in [7, 11) is 0. The van der Waals surface area contributed by atoms with Gasteiger partial charge in [-0.2, -0.15) is 0 Å². The third-order valence-electron chi connectivity index (χ3n) is 9.86. The maximum absolute atomic E-state index is 12.3. The molecule has 46 heavy (non-hydrogen) atoms. The minimum Gasteiger partial charge on any atom is -0.375 e. The first-order chi connectivity index (χ1) is 21.3. The van der Waals surface area contributed by atoms with E-state index in [1.165, 1.54) is 45.2 Å². The molecule has 1 heterocycles. The number of hydrogen-bond donors (Lipinski definition) is 0. The molecule has 4 nitrogen and oxygen atoms in total. The predicted molar refractivity (Wildman–Crippen MR) is 198 cm³/mol. The van der Waals surface area contributed by atoms with Crippen molar-refractivity contribution in [1.82, 2.24) is 4.90 Å². The smallest absolute Gasteiger partial charge is 0.173 e. The van der Waals surface area contributed by atoms with Crippen molar-refractivity contribution >= 4 is 33.3 Å². The van der Waals surface area contributed by atoms with Crippen LogP contribution in [0.4, 0.5) is 0 Å². The highest BCUT2D eigenvalue weighted by molar-refractivity contribution is 9.09. The lowest BCUT2D eigenvalue weighted by Crippen LogP contribution is -2.33. The first-order valence-electron chi connectivity index (χ1n) is 17.0. The molecule has 2 fully saturated rings. The van der Waals surface area contributed by atoms with E-state index in [0.717, 1.165) is 29.9 Å². The van der Waals surface area contributed by atoms with E-state index >= 15 is 0 Å². The van der Waals surface area contributed by atoms with Crippen LogP contribution >= 0.6 is 15.9 Å². The van der Waals surface area contributed by atoms with E-state index in [-0.39, 0.29) is 36.1 Å². The van der Waals surface area contributed by atoms with Gasteiger partial charge in [-0.1, -0.05) is 132 Å². The molecule has 0 bridgehead atoms. The van der Waals surface area contributed by atoms with E-state index in [1.807, 2.05) is 60.7 Å². The molecule has 1 saturated carbocycles. The van der Waals surface area contributed by atoms with Gasteiger partial charge in [0.15, 0.2) is 11.6 Å². The summed E-state index contributed by atoms with van der Waals surface area (Å²) in [4.78, 5) is 37.9. The van der Waals surface area contributed by atoms with Crippen molar-refractivity contribution in [3.05, 3.63) is 83.6 Å². The normalized spacial score (nSPS) is 21.5. The zero-order valence-electron chi connectivity index (χ0n) is 28.6. The number of likely N-dealkylation sites (tertiary alicyclic amines) is 1. The summed E-state index contributed by atoms with van der Waals surface area (Å²) in [6.07, 6.45) is 12.2. The molecular weight excluding hydrogens is 634 g/mol. The molecule has 3 atom stereocenters. The zero-order valence-corrected chi connectivity index (χ0v) is 30.2. The maximum Gasteiger partial charge on any atom is 0.173 e. The van der Waals surface area contributed by atoms with Gasteiger partial charge in [-0.3, -0.25) is 14.4 Å². The summed E-state index contributed by atoms with van der Waals surface area (Å²) in [6.45, 7) is 16.4. The molecule has 5 heteroatoms. The second-order valence-corrected chi connectivity index (χ2v) is 15.7. The summed E-state index contributed by atoms with van der Waals surface area (Å²) >= 11 is 3.10. The van der Waals surface area contributed by atoms with Gasteiger partial charge in [-0.15, -0.1) is 0 Å². The SMILES string of the molecule is C.CC(C)(C)C1CC=C(N2CCCC2)CC1.CC(C)(C)C1CCC(=O)C(CC(=O)c2ccccc2)C1.O=C(CBr)c1ccccc1. The second-order valence-electron chi connectivity index (χ2n) is 15.1. The number of carbonyl (C=O) groups is 3. The topological polar surface area (TPSA) is 54.5 Å². The van der Waals surface area contributed by atoms with E-state index in [4.69, 9.17) is 0 Å². The molecule has 254 valence electrons. The van der Waals surface area contributed by atoms with Crippen LogP contribution in [0.2, 0.25) is 0 Å². The lowest BCUT2D eigenvalue weighted by molar-refractivity contribution is -0.126. The monoisotopic (exact) mass is 693 g/mol. The van der Waals surface area contributed by atoms with Gasteiger partial charge in [0, 0.05) is 48.7 Å². The minimum absolute atomic E-state index is 0. The van der Waals surface area contributed by atoms with E-state index < -0.39 is 0 Å². The van der Waals surface area contributed by atoms with Crippen LogP contribution in [0.1, 0.15) is 127 Å². The van der Waals surface area contributed by atoms with Crippen LogP contribution < -0.4 is 0 Å². The number of carbonyl (C=O) groups excluding carboxylic acids is 3. The summed E-state index contributed by atoms with van der Waals surface area (Å²) < 4.78 is 0. The Balaban J connectivity index is 0.000000251. The van der Waals surface area contributed by atoms with Crippen molar-refractivity contribution in [3.8, 4) is 0 Å². The molecular formula is C41H60BrNO3. The Morgan fingerprint density at radius 3 is 1.72 bits per heavy atom. The third-order valence-corrected chi connectivity index (χ3v) is 10.4. The first kappa shape index (κ1) is 39.6. The van der Waals surface area contributed by atoms with Gasteiger partial charge in [-0.05, 0) is 67.6 Å². The largest absolute Gasteiger partial charge is 0.375 e. The van der Waals surface area contributed by atoms with Crippen LogP contribution in [0, 0.1) is 28.6 Å². The number of ketones is 3. The molecule has 2 aliphatic carbocycles. The highest BCUT2D eigenvalue weighted by Crippen LogP contribution is 2.40. The lowest BCUT2D eigenvalue weighted by Gasteiger charge is -2.36. The molecule has 0 aromatic heterocycles. The van der Waals surface area contributed by atoms with Gasteiger partial charge < -0.3 is 4.90 Å². The van der Waals surface area contributed by atoms with E-state index in [1.54, 1.807) is 5.70 Å². The molecule has 0 N–H and O–H groups in total. The van der Waals surface area contributed by atoms with Crippen molar-refractivity contribution in [2.24, 2.45) is 28.6 Å². The van der Waals surface area contributed by atoms with Crippen molar-refractivity contribution in [3.63, 3.8) is 0 Å². The fourth-order valence-electron chi connectivity index (χ4n) is 6.66. The Morgan fingerprint density at radius 2 is 1.26 bits per heavy atom. The first-order valence-corrected chi connectivity index (χ1v) is 18.1. The number of rotatable bonds is 6. The zero-order chi connectivity index (χ0) is 33.0. The van der Waals surface area contributed by atoms with Crippen molar-refractivity contribution in [1.29, 1.82) is 0 Å². The second kappa shape index (κ2) is 18.7. The Bertz CT molecular complexity index is 1250. The average molecular weight is 695 g/mol. The maximum atomic E-state index is 12.3. The van der Waals surface area contributed by atoms with Crippen LogP contribution in [-0.4, -0.2) is 40.7 Å². The van der Waals surface area contributed by atoms with Crippen LogP contribution in [0.25, 0.3) is 0 Å². The molecule has 1 aliphatic heterocycles. The highest BCUT2D eigenvalue weighted by atomic mass is 79.9. The predicted octanol–water partition coefficient (Wildman–Crippen LogP) is 11.0. The van der Waals surface area contributed by atoms with Gasteiger partial charge in [-0.25, -0.2) is 0 Å². The summed E-state index contributed by atoms with van der Waals surface area (Å²) in [5, 5.41) is 0.400.